The van der Waals surface area contributed by atoms with Gasteiger partial charge < -0.3 is 29.5 Å². The van der Waals surface area contributed by atoms with E-state index in [1.807, 2.05) is 41.5 Å². The summed E-state index contributed by atoms with van der Waals surface area (Å²) in [6.45, 7) is 12.6. The Morgan fingerprint density at radius 2 is 1.03 bits per heavy atom. The Bertz CT molecular complexity index is 599. The number of amides is 2. The molecule has 2 saturated carbocycles. The predicted octanol–water partition coefficient (Wildman–Crippen LogP) is 2.75. The molecular formula is C22H38N2O6. The maximum atomic E-state index is 11.8. The summed E-state index contributed by atoms with van der Waals surface area (Å²) >= 11 is 0. The van der Waals surface area contributed by atoms with E-state index < -0.39 is 11.2 Å². The van der Waals surface area contributed by atoms with Crippen LogP contribution in [-0.2, 0) is 9.47 Å². The molecule has 2 amide bonds. The second-order valence-electron chi connectivity index (χ2n) is 11.2. The maximum Gasteiger partial charge on any atom is 0.410 e. The lowest BCUT2D eigenvalue weighted by Gasteiger charge is -2.32. The molecule has 0 aromatic heterocycles. The fourth-order valence-electron chi connectivity index (χ4n) is 5.04. The molecule has 172 valence electrons. The predicted molar refractivity (Wildman–Crippen MR) is 111 cm³/mol. The van der Waals surface area contributed by atoms with Crippen molar-refractivity contribution in [3.8, 4) is 0 Å². The van der Waals surface area contributed by atoms with Crippen molar-refractivity contribution in [3.63, 3.8) is 0 Å². The summed E-state index contributed by atoms with van der Waals surface area (Å²) in [4.78, 5) is 26.9. The molecule has 0 radical (unpaired) electrons. The van der Waals surface area contributed by atoms with Gasteiger partial charge in [-0.1, -0.05) is 0 Å². The average Bonchev–Trinajstić information content (AvgIpc) is 3.30. The Balaban J connectivity index is 0.000000171. The van der Waals surface area contributed by atoms with Crippen molar-refractivity contribution in [2.75, 3.05) is 13.1 Å². The van der Waals surface area contributed by atoms with Crippen molar-refractivity contribution in [2.24, 2.45) is 11.8 Å². The molecule has 4 rings (SSSR count). The molecule has 0 aromatic carbocycles. The van der Waals surface area contributed by atoms with Gasteiger partial charge in [0, 0.05) is 13.1 Å². The summed E-state index contributed by atoms with van der Waals surface area (Å²) in [5.41, 5.74) is -0.909. The van der Waals surface area contributed by atoms with Gasteiger partial charge in [0.1, 0.15) is 11.2 Å². The molecule has 8 heteroatoms. The second kappa shape index (κ2) is 8.19. The number of ether oxygens (including phenoxy) is 2. The second-order valence-corrected chi connectivity index (χ2v) is 11.2. The van der Waals surface area contributed by atoms with Gasteiger partial charge in [0.25, 0.3) is 0 Å². The summed E-state index contributed by atoms with van der Waals surface area (Å²) in [6.07, 6.45) is 2.27. The monoisotopic (exact) mass is 426 g/mol. The number of hydrogen-bond donors (Lipinski definition) is 2. The van der Waals surface area contributed by atoms with Crippen LogP contribution in [0.1, 0.15) is 67.2 Å². The topological polar surface area (TPSA) is 99.5 Å². The molecule has 2 heterocycles. The molecule has 0 spiro atoms. The molecule has 2 N–H and O–H groups in total. The number of piperidine rings is 2. The minimum atomic E-state index is -0.454. The lowest BCUT2D eigenvalue weighted by atomic mass is 10.1. The van der Waals surface area contributed by atoms with E-state index in [9.17, 15) is 19.8 Å². The third-order valence-corrected chi connectivity index (χ3v) is 6.15. The van der Waals surface area contributed by atoms with Crippen molar-refractivity contribution >= 4 is 12.2 Å². The third kappa shape index (κ3) is 5.38. The van der Waals surface area contributed by atoms with E-state index in [-0.39, 0.29) is 36.5 Å². The largest absolute Gasteiger partial charge is 0.444 e. The number of nitrogens with zero attached hydrogens (tertiary/aromatic N) is 2. The van der Waals surface area contributed by atoms with Crippen LogP contribution < -0.4 is 0 Å². The van der Waals surface area contributed by atoms with Crippen LogP contribution >= 0.6 is 0 Å². The summed E-state index contributed by atoms with van der Waals surface area (Å²) in [5.74, 6) is 0.940. The fourth-order valence-corrected chi connectivity index (χ4v) is 5.04. The molecule has 0 aromatic rings. The lowest BCUT2D eigenvalue weighted by Crippen LogP contribution is -2.46. The normalized spacial score (nSPS) is 34.7. The van der Waals surface area contributed by atoms with Crippen LogP contribution in [0.25, 0.3) is 0 Å². The molecule has 8 nitrogen and oxygen atoms in total. The van der Waals surface area contributed by atoms with Gasteiger partial charge in [-0.15, -0.1) is 0 Å². The lowest BCUT2D eigenvalue weighted by molar-refractivity contribution is -0.00222. The number of aliphatic hydroxyl groups excluding tert-OH is 2. The summed E-state index contributed by atoms with van der Waals surface area (Å²) in [5, 5.41) is 19.4. The molecule has 0 unspecified atom stereocenters. The first-order valence-corrected chi connectivity index (χ1v) is 11.1. The van der Waals surface area contributed by atoms with Gasteiger partial charge in [0.2, 0.25) is 0 Å². The first kappa shape index (κ1) is 23.1. The van der Waals surface area contributed by atoms with Crippen molar-refractivity contribution in [3.05, 3.63) is 0 Å². The number of fused-ring (bicyclic) bond motifs is 4. The van der Waals surface area contributed by atoms with Gasteiger partial charge in [-0.05, 0) is 79.1 Å². The number of hydrogen-bond acceptors (Lipinski definition) is 6. The molecule has 2 saturated heterocycles. The highest BCUT2D eigenvalue weighted by molar-refractivity contribution is 5.70. The number of aliphatic hydroxyl groups is 2. The molecule has 4 fully saturated rings. The SMILES string of the molecule is CC(C)(C)OC(=O)N1C[C@H]2C[C@@H](O)[C@@H]1C2.CC(C)(C)OC(=O)N1C[C@H]2C[C@@H]1[C@@H](O)C2. The van der Waals surface area contributed by atoms with E-state index in [0.717, 1.165) is 38.8 Å². The highest BCUT2D eigenvalue weighted by Gasteiger charge is 2.48. The summed E-state index contributed by atoms with van der Waals surface area (Å²) < 4.78 is 10.6. The van der Waals surface area contributed by atoms with Gasteiger partial charge in [0.15, 0.2) is 0 Å². The minimum absolute atomic E-state index is 0.00940. The number of carbonyl (C=O) groups excluding carboxylic acids is 2. The Morgan fingerprint density at radius 3 is 1.27 bits per heavy atom. The van der Waals surface area contributed by atoms with Gasteiger partial charge in [0.05, 0.1) is 24.3 Å². The van der Waals surface area contributed by atoms with Crippen LogP contribution in [0.3, 0.4) is 0 Å². The molecular weight excluding hydrogens is 388 g/mol. The Hall–Kier alpha value is -1.54. The zero-order valence-electron chi connectivity index (χ0n) is 19.1. The molecule has 2 aliphatic heterocycles. The molecule has 30 heavy (non-hydrogen) atoms. The fraction of sp³-hybridized carbons (Fsp3) is 0.909. The van der Waals surface area contributed by atoms with Gasteiger partial charge >= 0.3 is 12.2 Å². The van der Waals surface area contributed by atoms with E-state index >= 15 is 0 Å². The zero-order chi connectivity index (χ0) is 22.4. The van der Waals surface area contributed by atoms with E-state index in [1.165, 1.54) is 0 Å². The quantitative estimate of drug-likeness (QED) is 0.618. The van der Waals surface area contributed by atoms with Crippen molar-refractivity contribution in [2.45, 2.75) is 103 Å². The van der Waals surface area contributed by atoms with Crippen LogP contribution in [0.4, 0.5) is 9.59 Å². The number of likely N-dealkylation sites (tertiary alicyclic amines) is 2. The smallest absolute Gasteiger partial charge is 0.410 e. The number of rotatable bonds is 0. The Kier molecular flexibility index (Phi) is 6.31. The Labute approximate surface area is 179 Å². The molecule has 4 aliphatic rings. The first-order chi connectivity index (χ1) is 13.7. The Morgan fingerprint density at radius 1 is 0.700 bits per heavy atom. The highest BCUT2D eigenvalue weighted by atomic mass is 16.6. The van der Waals surface area contributed by atoms with Crippen LogP contribution in [0, 0.1) is 11.8 Å². The van der Waals surface area contributed by atoms with Crippen LogP contribution in [0.15, 0.2) is 0 Å². The molecule has 6 atom stereocenters. The van der Waals surface area contributed by atoms with Crippen molar-refractivity contribution in [1.29, 1.82) is 0 Å². The van der Waals surface area contributed by atoms with Gasteiger partial charge in [-0.3, -0.25) is 0 Å². The highest BCUT2D eigenvalue weighted by Crippen LogP contribution is 2.39. The van der Waals surface area contributed by atoms with Crippen molar-refractivity contribution < 1.29 is 29.3 Å². The first-order valence-electron chi connectivity index (χ1n) is 11.1. The van der Waals surface area contributed by atoms with Crippen molar-refractivity contribution in [1.82, 2.24) is 9.80 Å². The van der Waals surface area contributed by atoms with Gasteiger partial charge in [-0.2, -0.15) is 0 Å². The maximum absolute atomic E-state index is 11.8. The molecule has 4 bridgehead atoms. The van der Waals surface area contributed by atoms with E-state index in [1.54, 1.807) is 9.80 Å². The standard InChI is InChI=1S/2C11H19NO3/c2*1-11(2,3)15-10(14)12-6-7-4-8(12)9(13)5-7/h2*7-9,13H,4-6H2,1-3H3/t2*7-,8+,9-/m10/s1. The summed E-state index contributed by atoms with van der Waals surface area (Å²) in [7, 11) is 0. The van der Waals surface area contributed by atoms with E-state index in [4.69, 9.17) is 9.47 Å². The van der Waals surface area contributed by atoms with Crippen LogP contribution in [-0.4, -0.2) is 80.8 Å². The number of carbonyl (C=O) groups is 2. The average molecular weight is 427 g/mol. The van der Waals surface area contributed by atoms with Gasteiger partial charge in [-0.25, -0.2) is 9.59 Å². The van der Waals surface area contributed by atoms with E-state index in [2.05, 4.69) is 0 Å². The van der Waals surface area contributed by atoms with Crippen LogP contribution in [0.2, 0.25) is 0 Å². The van der Waals surface area contributed by atoms with Crippen LogP contribution in [0.5, 0.6) is 0 Å². The summed E-state index contributed by atoms with van der Waals surface area (Å²) in [6, 6.07) is -0.0188. The minimum Gasteiger partial charge on any atom is -0.444 e. The third-order valence-electron chi connectivity index (χ3n) is 6.15. The molecule has 2 aliphatic carbocycles. The van der Waals surface area contributed by atoms with E-state index in [0.29, 0.717) is 11.8 Å². The zero-order valence-corrected chi connectivity index (χ0v) is 19.1.